The van der Waals surface area contributed by atoms with Crippen molar-refractivity contribution in [3.8, 4) is 0 Å². The maximum absolute atomic E-state index is 6.05. The lowest BCUT2D eigenvalue weighted by Gasteiger charge is -2.15. The molecule has 0 aliphatic heterocycles. The van der Waals surface area contributed by atoms with Crippen molar-refractivity contribution < 1.29 is 0 Å². The first-order chi connectivity index (χ1) is 7.00. The van der Waals surface area contributed by atoms with Crippen LogP contribution in [-0.2, 0) is 13.5 Å². The van der Waals surface area contributed by atoms with Gasteiger partial charge in [-0.2, -0.15) is 5.10 Å². The van der Waals surface area contributed by atoms with Crippen LogP contribution in [0.5, 0.6) is 0 Å². The van der Waals surface area contributed by atoms with E-state index in [0.717, 1.165) is 23.7 Å². The lowest BCUT2D eigenvalue weighted by molar-refractivity contribution is 0.465. The standard InChI is InChI=1S/C11H20ClN3/c1-8(2)13-6-9(3)5-11-10(12)7-14-15(11)4/h7-9,13H,5-6H2,1-4H3. The molecule has 1 N–H and O–H groups in total. The number of aryl methyl sites for hydroxylation is 1. The second kappa shape index (κ2) is 5.52. The summed E-state index contributed by atoms with van der Waals surface area (Å²) in [6, 6.07) is 0.537. The van der Waals surface area contributed by atoms with Crippen LogP contribution in [0.1, 0.15) is 26.5 Å². The van der Waals surface area contributed by atoms with Gasteiger partial charge in [-0.05, 0) is 18.9 Å². The Balaban J connectivity index is 2.47. The van der Waals surface area contributed by atoms with Crippen molar-refractivity contribution >= 4 is 11.6 Å². The molecule has 0 saturated heterocycles. The fourth-order valence-electron chi connectivity index (χ4n) is 1.50. The van der Waals surface area contributed by atoms with Gasteiger partial charge in [-0.3, -0.25) is 4.68 Å². The van der Waals surface area contributed by atoms with Gasteiger partial charge in [-0.15, -0.1) is 0 Å². The number of rotatable bonds is 5. The summed E-state index contributed by atoms with van der Waals surface area (Å²) in [6.07, 6.45) is 2.68. The van der Waals surface area contributed by atoms with E-state index >= 15 is 0 Å². The fourth-order valence-corrected chi connectivity index (χ4v) is 1.75. The van der Waals surface area contributed by atoms with Crippen molar-refractivity contribution in [1.82, 2.24) is 15.1 Å². The first-order valence-electron chi connectivity index (χ1n) is 5.40. The van der Waals surface area contributed by atoms with Crippen LogP contribution < -0.4 is 5.32 Å². The quantitative estimate of drug-likeness (QED) is 0.840. The predicted molar refractivity (Wildman–Crippen MR) is 64.2 cm³/mol. The van der Waals surface area contributed by atoms with Crippen LogP contribution in [0, 0.1) is 5.92 Å². The summed E-state index contributed by atoms with van der Waals surface area (Å²) in [4.78, 5) is 0. The van der Waals surface area contributed by atoms with Crippen LogP contribution in [0.25, 0.3) is 0 Å². The molecule has 1 atom stereocenters. The molecule has 0 aromatic carbocycles. The molecule has 4 heteroatoms. The Morgan fingerprint density at radius 2 is 2.13 bits per heavy atom. The zero-order chi connectivity index (χ0) is 11.4. The Bertz CT molecular complexity index is 287. The molecule has 1 aromatic heterocycles. The van der Waals surface area contributed by atoms with E-state index < -0.39 is 0 Å². The average Bonchev–Trinajstić information content (AvgIpc) is 2.46. The van der Waals surface area contributed by atoms with E-state index in [4.69, 9.17) is 11.6 Å². The third kappa shape index (κ3) is 3.84. The minimum Gasteiger partial charge on any atom is -0.314 e. The molecule has 86 valence electrons. The van der Waals surface area contributed by atoms with Gasteiger partial charge >= 0.3 is 0 Å². The summed E-state index contributed by atoms with van der Waals surface area (Å²) in [5.41, 5.74) is 1.12. The molecule has 1 rings (SSSR count). The molecule has 3 nitrogen and oxygen atoms in total. The molecule has 0 radical (unpaired) electrons. The van der Waals surface area contributed by atoms with E-state index in [-0.39, 0.29) is 0 Å². The summed E-state index contributed by atoms with van der Waals surface area (Å²) in [5.74, 6) is 0.570. The van der Waals surface area contributed by atoms with Gasteiger partial charge in [-0.1, -0.05) is 32.4 Å². The van der Waals surface area contributed by atoms with Gasteiger partial charge in [0.1, 0.15) is 0 Å². The van der Waals surface area contributed by atoms with Crippen LogP contribution in [-0.4, -0.2) is 22.4 Å². The lowest BCUT2D eigenvalue weighted by Crippen LogP contribution is -2.29. The topological polar surface area (TPSA) is 29.9 Å². The third-order valence-electron chi connectivity index (χ3n) is 2.43. The average molecular weight is 230 g/mol. The Labute approximate surface area is 96.8 Å². The summed E-state index contributed by atoms with van der Waals surface area (Å²) >= 11 is 6.05. The molecule has 1 aromatic rings. The van der Waals surface area contributed by atoms with Crippen LogP contribution in [0.15, 0.2) is 6.20 Å². The highest BCUT2D eigenvalue weighted by Gasteiger charge is 2.11. The molecule has 0 spiro atoms. The van der Waals surface area contributed by atoms with Gasteiger partial charge < -0.3 is 5.32 Å². The third-order valence-corrected chi connectivity index (χ3v) is 2.74. The van der Waals surface area contributed by atoms with Crippen LogP contribution in [0.2, 0.25) is 5.02 Å². The van der Waals surface area contributed by atoms with Crippen molar-refractivity contribution in [2.24, 2.45) is 13.0 Å². The first kappa shape index (κ1) is 12.5. The Morgan fingerprint density at radius 1 is 1.47 bits per heavy atom. The van der Waals surface area contributed by atoms with Crippen LogP contribution in [0.4, 0.5) is 0 Å². The second-order valence-electron chi connectivity index (χ2n) is 4.44. The molecule has 0 amide bonds. The number of nitrogens with zero attached hydrogens (tertiary/aromatic N) is 2. The number of nitrogens with one attached hydrogen (secondary N) is 1. The minimum absolute atomic E-state index is 0.537. The van der Waals surface area contributed by atoms with Crippen LogP contribution >= 0.6 is 11.6 Å². The number of hydrogen-bond donors (Lipinski definition) is 1. The Morgan fingerprint density at radius 3 is 2.60 bits per heavy atom. The largest absolute Gasteiger partial charge is 0.314 e. The van der Waals surface area contributed by atoms with Crippen molar-refractivity contribution in [3.05, 3.63) is 16.9 Å². The van der Waals surface area contributed by atoms with Gasteiger partial charge in [0.2, 0.25) is 0 Å². The van der Waals surface area contributed by atoms with Gasteiger partial charge in [-0.25, -0.2) is 0 Å². The zero-order valence-electron chi connectivity index (χ0n) is 9.92. The Hall–Kier alpha value is -0.540. The fraction of sp³-hybridized carbons (Fsp3) is 0.727. The van der Waals surface area contributed by atoms with E-state index in [9.17, 15) is 0 Å². The highest BCUT2D eigenvalue weighted by molar-refractivity contribution is 6.31. The number of halogens is 1. The molecule has 0 bridgehead atoms. The maximum atomic E-state index is 6.05. The lowest BCUT2D eigenvalue weighted by atomic mass is 10.1. The summed E-state index contributed by atoms with van der Waals surface area (Å²) in [7, 11) is 1.93. The predicted octanol–water partition coefficient (Wildman–Crippen LogP) is 2.25. The molecule has 0 aliphatic rings. The monoisotopic (exact) mass is 229 g/mol. The van der Waals surface area contributed by atoms with E-state index in [1.165, 1.54) is 0 Å². The molecule has 1 heterocycles. The van der Waals surface area contributed by atoms with E-state index in [1.54, 1.807) is 6.20 Å². The zero-order valence-corrected chi connectivity index (χ0v) is 10.7. The molecular formula is C11H20ClN3. The number of hydrogen-bond acceptors (Lipinski definition) is 2. The van der Waals surface area contributed by atoms with Gasteiger partial charge in [0.05, 0.1) is 16.9 Å². The Kier molecular flexibility index (Phi) is 4.61. The van der Waals surface area contributed by atoms with Crippen molar-refractivity contribution in [2.45, 2.75) is 33.2 Å². The molecule has 15 heavy (non-hydrogen) atoms. The summed E-state index contributed by atoms with van der Waals surface area (Å²) < 4.78 is 1.86. The van der Waals surface area contributed by atoms with Crippen LogP contribution in [0.3, 0.4) is 0 Å². The van der Waals surface area contributed by atoms with Crippen molar-refractivity contribution in [1.29, 1.82) is 0 Å². The minimum atomic E-state index is 0.537. The van der Waals surface area contributed by atoms with Gasteiger partial charge in [0.15, 0.2) is 0 Å². The second-order valence-corrected chi connectivity index (χ2v) is 4.84. The van der Waals surface area contributed by atoms with Gasteiger partial charge in [0.25, 0.3) is 0 Å². The van der Waals surface area contributed by atoms with E-state index in [1.807, 2.05) is 11.7 Å². The molecule has 0 fully saturated rings. The smallest absolute Gasteiger partial charge is 0.0817 e. The summed E-state index contributed by atoms with van der Waals surface area (Å²) in [6.45, 7) is 7.55. The van der Waals surface area contributed by atoms with Gasteiger partial charge in [0, 0.05) is 13.1 Å². The highest BCUT2D eigenvalue weighted by atomic mass is 35.5. The van der Waals surface area contributed by atoms with Crippen molar-refractivity contribution in [3.63, 3.8) is 0 Å². The normalized spacial score (nSPS) is 13.5. The van der Waals surface area contributed by atoms with E-state index in [2.05, 4.69) is 31.2 Å². The molecule has 0 aliphatic carbocycles. The molecular weight excluding hydrogens is 210 g/mol. The number of aromatic nitrogens is 2. The molecule has 1 unspecified atom stereocenters. The highest BCUT2D eigenvalue weighted by Crippen LogP contribution is 2.17. The van der Waals surface area contributed by atoms with E-state index in [0.29, 0.717) is 12.0 Å². The summed E-state index contributed by atoms with van der Waals surface area (Å²) in [5, 5.41) is 8.32. The first-order valence-corrected chi connectivity index (χ1v) is 5.78. The van der Waals surface area contributed by atoms with Crippen molar-refractivity contribution in [2.75, 3.05) is 6.54 Å². The maximum Gasteiger partial charge on any atom is 0.0817 e. The SMILES string of the molecule is CC(CNC(C)C)Cc1c(Cl)cnn1C. The molecule has 0 saturated carbocycles.